The Balaban J connectivity index is 1.53. The highest BCUT2D eigenvalue weighted by Gasteiger charge is 2.17. The van der Waals surface area contributed by atoms with Gasteiger partial charge in [-0.05, 0) is 40.2 Å². The van der Waals surface area contributed by atoms with Crippen LogP contribution in [-0.2, 0) is 14.3 Å². The number of ether oxygens (including phenoxy) is 3. The Morgan fingerprint density at radius 2 is 1.70 bits per heavy atom. The third-order valence-electron chi connectivity index (χ3n) is 3.88. The van der Waals surface area contributed by atoms with Crippen LogP contribution in [0, 0.1) is 11.3 Å². The van der Waals surface area contributed by atoms with Crippen LogP contribution in [0.5, 0.6) is 11.5 Å². The van der Waals surface area contributed by atoms with E-state index in [-0.39, 0.29) is 12.0 Å². The van der Waals surface area contributed by atoms with E-state index in [1.807, 2.05) is 0 Å². The number of amides is 2. The van der Waals surface area contributed by atoms with E-state index in [4.69, 9.17) is 19.5 Å². The zero-order chi connectivity index (χ0) is 21.5. The standard InChI is InChI=1S/C20H16BrN3O6/c21-14-9-16-17(29-8-7-28-16)10-15(14)24-19(26)11-30-20(27)12-1-3-13(4-2-12)23-18(25)5-6-22/h1-4,9-10H,5,7-8,11H2,(H,23,25)(H,24,26). The molecule has 10 heteroatoms. The number of halogens is 1. The van der Waals surface area contributed by atoms with Gasteiger partial charge in [-0.3, -0.25) is 9.59 Å². The van der Waals surface area contributed by atoms with Crippen LogP contribution >= 0.6 is 15.9 Å². The molecule has 1 heterocycles. The molecule has 0 fully saturated rings. The first-order valence-corrected chi connectivity index (χ1v) is 9.58. The van der Waals surface area contributed by atoms with Crippen LogP contribution in [0.1, 0.15) is 16.8 Å². The van der Waals surface area contributed by atoms with Crippen molar-refractivity contribution in [2.24, 2.45) is 0 Å². The maximum atomic E-state index is 12.2. The van der Waals surface area contributed by atoms with E-state index >= 15 is 0 Å². The van der Waals surface area contributed by atoms with E-state index in [0.717, 1.165) is 0 Å². The van der Waals surface area contributed by atoms with Gasteiger partial charge >= 0.3 is 5.97 Å². The second-order valence-corrected chi connectivity index (χ2v) is 6.91. The fourth-order valence-corrected chi connectivity index (χ4v) is 2.95. The molecule has 0 radical (unpaired) electrons. The summed E-state index contributed by atoms with van der Waals surface area (Å²) in [6.07, 6.45) is -0.265. The lowest BCUT2D eigenvalue weighted by Crippen LogP contribution is -2.21. The van der Waals surface area contributed by atoms with Gasteiger partial charge in [0.15, 0.2) is 18.1 Å². The summed E-state index contributed by atoms with van der Waals surface area (Å²) in [5.74, 6) is -0.583. The van der Waals surface area contributed by atoms with Crippen LogP contribution in [-0.4, -0.2) is 37.6 Å². The Morgan fingerprint density at radius 1 is 1.03 bits per heavy atom. The van der Waals surface area contributed by atoms with Crippen LogP contribution in [0.15, 0.2) is 40.9 Å². The first-order valence-electron chi connectivity index (χ1n) is 8.79. The zero-order valence-corrected chi connectivity index (χ0v) is 17.2. The SMILES string of the molecule is N#CCC(=O)Nc1ccc(C(=O)OCC(=O)Nc2cc3c(cc2Br)OCCO3)cc1. The number of nitrogens with zero attached hydrogens (tertiary/aromatic N) is 1. The summed E-state index contributed by atoms with van der Waals surface area (Å²) >= 11 is 3.35. The number of nitriles is 1. The number of hydrogen-bond acceptors (Lipinski definition) is 7. The van der Waals surface area contributed by atoms with Crippen molar-refractivity contribution in [1.82, 2.24) is 0 Å². The monoisotopic (exact) mass is 473 g/mol. The van der Waals surface area contributed by atoms with E-state index < -0.39 is 24.4 Å². The average molecular weight is 474 g/mol. The van der Waals surface area contributed by atoms with Crippen molar-refractivity contribution in [3.05, 3.63) is 46.4 Å². The summed E-state index contributed by atoms with van der Waals surface area (Å²) in [6, 6.07) is 10.9. The van der Waals surface area contributed by atoms with Gasteiger partial charge in [0.2, 0.25) is 5.91 Å². The summed E-state index contributed by atoms with van der Waals surface area (Å²) < 4.78 is 16.6. The van der Waals surface area contributed by atoms with E-state index in [9.17, 15) is 14.4 Å². The molecular weight excluding hydrogens is 458 g/mol. The van der Waals surface area contributed by atoms with E-state index in [1.54, 1.807) is 18.2 Å². The van der Waals surface area contributed by atoms with Gasteiger partial charge in [-0.25, -0.2) is 4.79 Å². The fourth-order valence-electron chi connectivity index (χ4n) is 2.53. The third-order valence-corrected chi connectivity index (χ3v) is 4.54. The van der Waals surface area contributed by atoms with Crippen molar-refractivity contribution in [2.75, 3.05) is 30.5 Å². The molecule has 2 aromatic carbocycles. The van der Waals surface area contributed by atoms with E-state index in [0.29, 0.717) is 40.6 Å². The minimum absolute atomic E-state index is 0.210. The van der Waals surface area contributed by atoms with Gasteiger partial charge in [-0.1, -0.05) is 0 Å². The molecule has 30 heavy (non-hydrogen) atoms. The molecule has 1 aliphatic heterocycles. The van der Waals surface area contributed by atoms with Crippen LogP contribution in [0.25, 0.3) is 0 Å². The van der Waals surface area contributed by atoms with Crippen molar-refractivity contribution < 1.29 is 28.6 Å². The molecule has 2 aromatic rings. The molecule has 0 aliphatic carbocycles. The van der Waals surface area contributed by atoms with Crippen LogP contribution in [0.2, 0.25) is 0 Å². The first kappa shape index (κ1) is 21.1. The number of hydrogen-bond donors (Lipinski definition) is 2. The van der Waals surface area contributed by atoms with Gasteiger partial charge in [0, 0.05) is 22.3 Å². The van der Waals surface area contributed by atoms with Crippen molar-refractivity contribution in [2.45, 2.75) is 6.42 Å². The van der Waals surface area contributed by atoms with Crippen molar-refractivity contribution in [1.29, 1.82) is 5.26 Å². The van der Waals surface area contributed by atoms with Crippen molar-refractivity contribution in [3.8, 4) is 17.6 Å². The number of carbonyl (C=O) groups is 3. The largest absolute Gasteiger partial charge is 0.486 e. The fraction of sp³-hybridized carbons (Fsp3) is 0.200. The molecule has 0 spiro atoms. The zero-order valence-electron chi connectivity index (χ0n) is 15.6. The number of carbonyl (C=O) groups excluding carboxylic acids is 3. The smallest absolute Gasteiger partial charge is 0.338 e. The molecule has 0 saturated carbocycles. The van der Waals surface area contributed by atoms with Gasteiger partial charge < -0.3 is 24.8 Å². The van der Waals surface area contributed by atoms with Crippen LogP contribution in [0.3, 0.4) is 0 Å². The number of benzene rings is 2. The Bertz CT molecular complexity index is 1020. The minimum Gasteiger partial charge on any atom is -0.486 e. The quantitative estimate of drug-likeness (QED) is 0.617. The van der Waals surface area contributed by atoms with Gasteiger partial charge in [-0.2, -0.15) is 5.26 Å². The lowest BCUT2D eigenvalue weighted by Gasteiger charge is -2.20. The van der Waals surface area contributed by atoms with Crippen molar-refractivity contribution in [3.63, 3.8) is 0 Å². The summed E-state index contributed by atoms with van der Waals surface area (Å²) in [7, 11) is 0. The molecule has 0 atom stereocenters. The number of anilines is 2. The molecule has 0 aromatic heterocycles. The highest BCUT2D eigenvalue weighted by molar-refractivity contribution is 9.10. The second-order valence-electron chi connectivity index (χ2n) is 6.06. The molecular formula is C20H16BrN3O6. The Kier molecular flexibility index (Phi) is 6.87. The molecule has 0 unspecified atom stereocenters. The Hall–Kier alpha value is -3.58. The van der Waals surface area contributed by atoms with Crippen molar-refractivity contribution >= 4 is 45.1 Å². The molecule has 154 valence electrons. The summed E-state index contributed by atoms with van der Waals surface area (Å²) in [5.41, 5.74) is 1.10. The highest BCUT2D eigenvalue weighted by Crippen LogP contribution is 2.38. The normalized spacial score (nSPS) is 11.7. The summed E-state index contributed by atoms with van der Waals surface area (Å²) in [6.45, 7) is 0.384. The van der Waals surface area contributed by atoms with Gasteiger partial charge in [-0.15, -0.1) is 0 Å². The summed E-state index contributed by atoms with van der Waals surface area (Å²) in [4.78, 5) is 35.6. The number of rotatable bonds is 6. The molecule has 1 aliphatic rings. The highest BCUT2D eigenvalue weighted by atomic mass is 79.9. The molecule has 2 amide bonds. The lowest BCUT2D eigenvalue weighted by atomic mass is 10.2. The third kappa shape index (κ3) is 5.48. The number of esters is 1. The van der Waals surface area contributed by atoms with Gasteiger partial charge in [0.1, 0.15) is 19.6 Å². The predicted octanol–water partition coefficient (Wildman–Crippen LogP) is 2.87. The maximum absolute atomic E-state index is 12.2. The lowest BCUT2D eigenvalue weighted by molar-refractivity contribution is -0.119. The first-order chi connectivity index (χ1) is 14.5. The Labute approximate surface area is 180 Å². The Morgan fingerprint density at radius 3 is 2.37 bits per heavy atom. The van der Waals surface area contributed by atoms with Crippen LogP contribution < -0.4 is 20.1 Å². The molecule has 9 nitrogen and oxygen atoms in total. The predicted molar refractivity (Wildman–Crippen MR) is 109 cm³/mol. The minimum atomic E-state index is -0.693. The molecule has 0 bridgehead atoms. The number of nitrogens with one attached hydrogen (secondary N) is 2. The van der Waals surface area contributed by atoms with Gasteiger partial charge in [0.05, 0.1) is 17.3 Å². The second kappa shape index (κ2) is 9.76. The van der Waals surface area contributed by atoms with E-state index in [2.05, 4.69) is 26.6 Å². The number of fused-ring (bicyclic) bond motifs is 1. The molecule has 3 rings (SSSR count). The van der Waals surface area contributed by atoms with E-state index in [1.165, 1.54) is 24.3 Å². The topological polar surface area (TPSA) is 127 Å². The average Bonchev–Trinajstić information content (AvgIpc) is 2.73. The summed E-state index contributed by atoms with van der Waals surface area (Å²) in [5, 5.41) is 13.6. The van der Waals surface area contributed by atoms with Gasteiger partial charge in [0.25, 0.3) is 5.91 Å². The maximum Gasteiger partial charge on any atom is 0.338 e. The molecule has 2 N–H and O–H groups in total. The van der Waals surface area contributed by atoms with Crippen LogP contribution in [0.4, 0.5) is 11.4 Å². The molecule has 0 saturated heterocycles.